The van der Waals surface area contributed by atoms with E-state index in [-0.39, 0.29) is 29.0 Å². The highest BCUT2D eigenvalue weighted by molar-refractivity contribution is 7.92. The minimum atomic E-state index is -4.57. The number of alkyl halides is 3. The van der Waals surface area contributed by atoms with Crippen molar-refractivity contribution in [1.82, 2.24) is 5.32 Å². The summed E-state index contributed by atoms with van der Waals surface area (Å²) in [5, 5.41) is 2.81. The highest BCUT2D eigenvalue weighted by atomic mass is 35.5. The summed E-state index contributed by atoms with van der Waals surface area (Å²) in [6.45, 7) is 3.89. The number of hydrogen-bond acceptors (Lipinski definition) is 3. The van der Waals surface area contributed by atoms with Crippen molar-refractivity contribution in [2.45, 2.75) is 26.1 Å². The minimum Gasteiger partial charge on any atom is -0.313 e. The maximum atomic E-state index is 12.6. The summed E-state index contributed by atoms with van der Waals surface area (Å²) in [6, 6.07) is 2.59. The molecule has 120 valence electrons. The summed E-state index contributed by atoms with van der Waals surface area (Å²) < 4.78 is 63.5. The SMILES string of the molecule is CC(C)NCCS(=O)(=O)Nc1cc(C(F)(F)F)ccc1Cl. The monoisotopic (exact) mass is 344 g/mol. The van der Waals surface area contributed by atoms with Gasteiger partial charge in [-0.15, -0.1) is 0 Å². The largest absolute Gasteiger partial charge is 0.416 e. The fraction of sp³-hybridized carbons (Fsp3) is 0.500. The van der Waals surface area contributed by atoms with Gasteiger partial charge in [0.05, 0.1) is 22.0 Å². The van der Waals surface area contributed by atoms with Crippen molar-refractivity contribution >= 4 is 27.3 Å². The van der Waals surface area contributed by atoms with E-state index in [4.69, 9.17) is 11.6 Å². The molecule has 0 amide bonds. The van der Waals surface area contributed by atoms with Gasteiger partial charge < -0.3 is 5.32 Å². The van der Waals surface area contributed by atoms with Crippen LogP contribution >= 0.6 is 11.6 Å². The molecule has 1 aromatic carbocycles. The molecule has 0 saturated carbocycles. The van der Waals surface area contributed by atoms with Crippen molar-refractivity contribution in [3.63, 3.8) is 0 Å². The summed E-state index contributed by atoms with van der Waals surface area (Å²) in [5.74, 6) is -0.266. The molecule has 0 fully saturated rings. The van der Waals surface area contributed by atoms with Gasteiger partial charge in [0.2, 0.25) is 10.0 Å². The van der Waals surface area contributed by atoms with Crippen LogP contribution in [0.15, 0.2) is 18.2 Å². The Bertz CT molecular complexity index is 589. The van der Waals surface area contributed by atoms with Gasteiger partial charge in [0.1, 0.15) is 0 Å². The molecule has 0 aliphatic heterocycles. The molecule has 4 nitrogen and oxygen atoms in total. The Morgan fingerprint density at radius 3 is 2.43 bits per heavy atom. The zero-order valence-corrected chi connectivity index (χ0v) is 13.0. The van der Waals surface area contributed by atoms with Crippen LogP contribution in [0.5, 0.6) is 0 Å². The van der Waals surface area contributed by atoms with Crippen LogP contribution in [0.3, 0.4) is 0 Å². The van der Waals surface area contributed by atoms with E-state index >= 15 is 0 Å². The molecule has 2 N–H and O–H groups in total. The number of anilines is 1. The second kappa shape index (κ2) is 6.85. The molecule has 0 spiro atoms. The third-order valence-corrected chi connectivity index (χ3v) is 4.08. The van der Waals surface area contributed by atoms with Crippen molar-refractivity contribution in [2.24, 2.45) is 0 Å². The highest BCUT2D eigenvalue weighted by Crippen LogP contribution is 2.34. The van der Waals surface area contributed by atoms with E-state index < -0.39 is 21.8 Å². The average molecular weight is 345 g/mol. The Balaban J connectivity index is 2.86. The predicted molar refractivity (Wildman–Crippen MR) is 77.0 cm³/mol. The van der Waals surface area contributed by atoms with Crippen LogP contribution in [0, 0.1) is 0 Å². The van der Waals surface area contributed by atoms with E-state index in [2.05, 4.69) is 10.0 Å². The van der Waals surface area contributed by atoms with Crippen LogP contribution in [0.25, 0.3) is 0 Å². The summed E-state index contributed by atoms with van der Waals surface area (Å²) >= 11 is 5.73. The van der Waals surface area contributed by atoms with E-state index in [1.807, 2.05) is 13.8 Å². The second-order valence-electron chi connectivity index (χ2n) is 4.72. The molecule has 1 aromatic rings. The fourth-order valence-corrected chi connectivity index (χ4v) is 2.69. The molecule has 0 atom stereocenters. The molecule has 0 saturated heterocycles. The lowest BCUT2D eigenvalue weighted by Crippen LogP contribution is -2.31. The normalized spacial score (nSPS) is 12.7. The van der Waals surface area contributed by atoms with Crippen molar-refractivity contribution in [3.05, 3.63) is 28.8 Å². The van der Waals surface area contributed by atoms with E-state index in [0.717, 1.165) is 12.1 Å². The molecule has 0 unspecified atom stereocenters. The molecule has 1 rings (SSSR count). The summed E-state index contributed by atoms with van der Waals surface area (Å²) in [5.41, 5.74) is -1.25. The first-order chi connectivity index (χ1) is 9.51. The van der Waals surface area contributed by atoms with E-state index in [0.29, 0.717) is 6.07 Å². The highest BCUT2D eigenvalue weighted by Gasteiger charge is 2.31. The molecule has 0 aromatic heterocycles. The van der Waals surface area contributed by atoms with Crippen molar-refractivity contribution in [3.8, 4) is 0 Å². The van der Waals surface area contributed by atoms with Gasteiger partial charge in [-0.1, -0.05) is 25.4 Å². The predicted octanol–water partition coefficient (Wildman–Crippen LogP) is 3.10. The number of hydrogen-bond donors (Lipinski definition) is 2. The second-order valence-corrected chi connectivity index (χ2v) is 6.97. The smallest absolute Gasteiger partial charge is 0.313 e. The topological polar surface area (TPSA) is 58.2 Å². The maximum absolute atomic E-state index is 12.6. The average Bonchev–Trinajstić information content (AvgIpc) is 2.29. The van der Waals surface area contributed by atoms with Crippen LogP contribution in [0.4, 0.5) is 18.9 Å². The fourth-order valence-electron chi connectivity index (χ4n) is 1.48. The molecular weight excluding hydrogens is 329 g/mol. The molecule has 0 heterocycles. The molecule has 0 bridgehead atoms. The Labute approximate surface area is 126 Å². The standard InChI is InChI=1S/C12H16ClF3N2O2S/c1-8(2)17-5-6-21(19,20)18-11-7-9(12(14,15)16)3-4-10(11)13/h3-4,7-8,17-18H,5-6H2,1-2H3. The molecule has 0 aliphatic rings. The minimum absolute atomic E-state index is 0.0941. The number of rotatable bonds is 6. The van der Waals surface area contributed by atoms with Gasteiger partial charge in [-0.2, -0.15) is 13.2 Å². The van der Waals surface area contributed by atoms with Crippen LogP contribution in [0.2, 0.25) is 5.02 Å². The van der Waals surface area contributed by atoms with Gasteiger partial charge in [-0.25, -0.2) is 8.42 Å². The van der Waals surface area contributed by atoms with Crippen molar-refractivity contribution < 1.29 is 21.6 Å². The van der Waals surface area contributed by atoms with Gasteiger partial charge in [0.25, 0.3) is 0 Å². The lowest BCUT2D eigenvalue weighted by atomic mass is 10.2. The molecule has 0 aliphatic carbocycles. The first-order valence-corrected chi connectivity index (χ1v) is 8.15. The maximum Gasteiger partial charge on any atom is 0.416 e. The molecular formula is C12H16ClF3N2O2S. The van der Waals surface area contributed by atoms with Crippen LogP contribution in [0.1, 0.15) is 19.4 Å². The van der Waals surface area contributed by atoms with Gasteiger partial charge in [0, 0.05) is 12.6 Å². The molecule has 9 heteroatoms. The Morgan fingerprint density at radius 2 is 1.90 bits per heavy atom. The zero-order valence-electron chi connectivity index (χ0n) is 11.5. The van der Waals surface area contributed by atoms with Gasteiger partial charge >= 0.3 is 6.18 Å². The first kappa shape index (κ1) is 18.1. The number of nitrogens with one attached hydrogen (secondary N) is 2. The Kier molecular flexibility index (Phi) is 5.89. The first-order valence-electron chi connectivity index (χ1n) is 6.12. The van der Waals surface area contributed by atoms with E-state index in [1.54, 1.807) is 0 Å². The van der Waals surface area contributed by atoms with Crippen LogP contribution < -0.4 is 10.0 Å². The number of benzene rings is 1. The third kappa shape index (κ3) is 6.11. The van der Waals surface area contributed by atoms with Crippen molar-refractivity contribution in [2.75, 3.05) is 17.0 Å². The molecule has 21 heavy (non-hydrogen) atoms. The number of sulfonamides is 1. The lowest BCUT2D eigenvalue weighted by Gasteiger charge is -2.13. The van der Waals surface area contributed by atoms with Gasteiger partial charge in [-0.3, -0.25) is 4.72 Å². The van der Waals surface area contributed by atoms with Crippen LogP contribution in [-0.4, -0.2) is 26.8 Å². The third-order valence-electron chi connectivity index (χ3n) is 2.48. The quantitative estimate of drug-likeness (QED) is 0.833. The molecule has 0 radical (unpaired) electrons. The van der Waals surface area contributed by atoms with E-state index in [1.165, 1.54) is 0 Å². The van der Waals surface area contributed by atoms with Crippen LogP contribution in [-0.2, 0) is 16.2 Å². The van der Waals surface area contributed by atoms with Gasteiger partial charge in [-0.05, 0) is 18.2 Å². The lowest BCUT2D eigenvalue weighted by molar-refractivity contribution is -0.137. The number of halogens is 4. The summed E-state index contributed by atoms with van der Waals surface area (Å²) in [6.07, 6.45) is -4.57. The Hall–Kier alpha value is -0.990. The zero-order chi connectivity index (χ0) is 16.3. The Morgan fingerprint density at radius 1 is 1.29 bits per heavy atom. The van der Waals surface area contributed by atoms with Gasteiger partial charge in [0.15, 0.2) is 0 Å². The van der Waals surface area contributed by atoms with Crippen molar-refractivity contribution in [1.29, 1.82) is 0 Å². The van der Waals surface area contributed by atoms with E-state index in [9.17, 15) is 21.6 Å². The summed E-state index contributed by atoms with van der Waals surface area (Å²) in [7, 11) is -3.78. The summed E-state index contributed by atoms with van der Waals surface area (Å²) in [4.78, 5) is 0.